The molecule has 1 atom stereocenters. The van der Waals surface area contributed by atoms with Gasteiger partial charge in [0, 0.05) is 0 Å². The van der Waals surface area contributed by atoms with Crippen molar-refractivity contribution in [3.8, 4) is 0 Å². The summed E-state index contributed by atoms with van der Waals surface area (Å²) < 4.78 is 28.3. The van der Waals surface area contributed by atoms with E-state index >= 15 is 0 Å². The molecule has 0 fully saturated rings. The summed E-state index contributed by atoms with van der Waals surface area (Å²) in [6.07, 6.45) is -1.66. The van der Waals surface area contributed by atoms with Gasteiger partial charge in [0.1, 0.15) is 0 Å². The average molecular weight is 272 g/mol. The molecule has 0 saturated heterocycles. The largest absolute Gasteiger partial charge is 0.464 e. The Balaban J connectivity index is 2.82. The zero-order chi connectivity index (χ0) is 13.8. The Morgan fingerprint density at radius 1 is 1.33 bits per heavy atom. The Labute approximate surface area is 106 Å². The molecule has 0 aliphatic rings. The van der Waals surface area contributed by atoms with Gasteiger partial charge in [-0.1, -0.05) is 17.7 Å². The number of carbonyl (C=O) groups is 1. The molecule has 0 radical (unpaired) electrons. The first kappa shape index (κ1) is 14.7. The second-order valence-electron chi connectivity index (χ2n) is 3.86. The van der Waals surface area contributed by atoms with E-state index in [0.29, 0.717) is 0 Å². The molecule has 1 rings (SSSR count). The Hall–Kier alpha value is -1.40. The highest BCUT2D eigenvalue weighted by Crippen LogP contribution is 2.13. The van der Waals surface area contributed by atoms with Crippen LogP contribution >= 0.6 is 0 Å². The number of hydrogen-bond acceptors (Lipinski definition) is 5. The van der Waals surface area contributed by atoms with E-state index in [9.17, 15) is 18.3 Å². The molecular formula is C12H16O5S. The van der Waals surface area contributed by atoms with Crippen LogP contribution in [0.4, 0.5) is 0 Å². The lowest BCUT2D eigenvalue weighted by Crippen LogP contribution is -2.30. The van der Waals surface area contributed by atoms with E-state index in [4.69, 9.17) is 0 Å². The number of carbonyl (C=O) groups excluding carboxylic acids is 1. The molecule has 0 amide bonds. The maximum Gasteiger partial charge on any atom is 0.336 e. The summed E-state index contributed by atoms with van der Waals surface area (Å²) in [7, 11) is -3.69. The Morgan fingerprint density at radius 2 is 1.89 bits per heavy atom. The number of aliphatic hydroxyl groups excluding tert-OH is 1. The van der Waals surface area contributed by atoms with Crippen LogP contribution in [-0.2, 0) is 19.4 Å². The quantitative estimate of drug-likeness (QED) is 0.798. The number of ether oxygens (including phenoxy) is 1. The minimum absolute atomic E-state index is 0.0800. The number of sulfone groups is 1. The number of benzene rings is 1. The number of rotatable bonds is 5. The third-order valence-electron chi connectivity index (χ3n) is 2.32. The molecule has 6 heteroatoms. The van der Waals surface area contributed by atoms with Gasteiger partial charge >= 0.3 is 5.97 Å². The van der Waals surface area contributed by atoms with Crippen molar-refractivity contribution in [2.24, 2.45) is 0 Å². The first-order chi connectivity index (χ1) is 8.36. The van der Waals surface area contributed by atoms with Crippen LogP contribution < -0.4 is 0 Å². The maximum atomic E-state index is 11.9. The SMILES string of the molecule is CCOC(=O)C(O)CS(=O)(=O)c1ccc(C)cc1. The van der Waals surface area contributed by atoms with Crippen molar-refractivity contribution in [1.29, 1.82) is 0 Å². The molecule has 18 heavy (non-hydrogen) atoms. The predicted octanol–water partition coefficient (Wildman–Crippen LogP) is 0.693. The van der Waals surface area contributed by atoms with Crippen molar-refractivity contribution in [2.75, 3.05) is 12.4 Å². The van der Waals surface area contributed by atoms with Gasteiger partial charge in [0.2, 0.25) is 0 Å². The highest BCUT2D eigenvalue weighted by Gasteiger charge is 2.25. The van der Waals surface area contributed by atoms with Crippen molar-refractivity contribution in [1.82, 2.24) is 0 Å². The fourth-order valence-electron chi connectivity index (χ4n) is 1.36. The van der Waals surface area contributed by atoms with Crippen molar-refractivity contribution in [3.05, 3.63) is 29.8 Å². The molecule has 0 aromatic heterocycles. The molecular weight excluding hydrogens is 256 g/mol. The molecule has 5 nitrogen and oxygen atoms in total. The lowest BCUT2D eigenvalue weighted by Gasteiger charge is -2.10. The molecule has 1 aromatic rings. The minimum atomic E-state index is -3.69. The van der Waals surface area contributed by atoms with Crippen LogP contribution in [0.25, 0.3) is 0 Å². The van der Waals surface area contributed by atoms with Gasteiger partial charge in [0.05, 0.1) is 17.3 Å². The summed E-state index contributed by atoms with van der Waals surface area (Å²) in [5.41, 5.74) is 0.930. The number of aliphatic hydroxyl groups is 1. The van der Waals surface area contributed by atoms with Crippen LogP contribution in [0.3, 0.4) is 0 Å². The molecule has 100 valence electrons. The Kier molecular flexibility index (Phi) is 4.86. The molecule has 1 aromatic carbocycles. The lowest BCUT2D eigenvalue weighted by molar-refractivity contribution is -0.151. The lowest BCUT2D eigenvalue weighted by atomic mass is 10.2. The van der Waals surface area contributed by atoms with Crippen LogP contribution in [0.15, 0.2) is 29.2 Å². The zero-order valence-corrected chi connectivity index (χ0v) is 11.1. The summed E-state index contributed by atoms with van der Waals surface area (Å²) in [5.74, 6) is -1.59. The van der Waals surface area contributed by atoms with Crippen LogP contribution in [0, 0.1) is 6.92 Å². The van der Waals surface area contributed by atoms with Crippen molar-refractivity contribution in [2.45, 2.75) is 24.8 Å². The summed E-state index contributed by atoms with van der Waals surface area (Å²) in [5, 5.41) is 9.45. The van der Waals surface area contributed by atoms with E-state index in [1.807, 2.05) is 6.92 Å². The van der Waals surface area contributed by atoms with Crippen LogP contribution in [0.2, 0.25) is 0 Å². The predicted molar refractivity (Wildman–Crippen MR) is 65.9 cm³/mol. The van der Waals surface area contributed by atoms with Gasteiger partial charge in [-0.3, -0.25) is 0 Å². The van der Waals surface area contributed by atoms with Gasteiger partial charge in [-0.25, -0.2) is 13.2 Å². The highest BCUT2D eigenvalue weighted by molar-refractivity contribution is 7.91. The molecule has 0 saturated carbocycles. The first-order valence-electron chi connectivity index (χ1n) is 5.51. The van der Waals surface area contributed by atoms with Gasteiger partial charge < -0.3 is 9.84 Å². The van der Waals surface area contributed by atoms with Crippen molar-refractivity contribution in [3.63, 3.8) is 0 Å². The summed E-state index contributed by atoms with van der Waals surface area (Å²) >= 11 is 0. The number of aryl methyl sites for hydroxylation is 1. The summed E-state index contributed by atoms with van der Waals surface area (Å²) in [6, 6.07) is 6.21. The molecule has 0 spiro atoms. The van der Waals surface area contributed by atoms with Crippen LogP contribution in [-0.4, -0.2) is 38.0 Å². The summed E-state index contributed by atoms with van der Waals surface area (Å²) in [4.78, 5) is 11.2. The normalized spacial score (nSPS) is 13.1. The highest BCUT2D eigenvalue weighted by atomic mass is 32.2. The van der Waals surface area contributed by atoms with E-state index < -0.39 is 27.7 Å². The van der Waals surface area contributed by atoms with Crippen molar-refractivity contribution < 1.29 is 23.1 Å². The monoisotopic (exact) mass is 272 g/mol. The molecule has 0 aliphatic carbocycles. The Bertz CT molecular complexity index is 504. The van der Waals surface area contributed by atoms with Gasteiger partial charge in [-0.15, -0.1) is 0 Å². The van der Waals surface area contributed by atoms with E-state index in [-0.39, 0.29) is 11.5 Å². The maximum absolute atomic E-state index is 11.9. The average Bonchev–Trinajstić information content (AvgIpc) is 2.29. The molecule has 1 unspecified atom stereocenters. The van der Waals surface area contributed by atoms with Gasteiger partial charge in [-0.2, -0.15) is 0 Å². The molecule has 0 bridgehead atoms. The second-order valence-corrected chi connectivity index (χ2v) is 5.90. The fourth-order valence-corrected chi connectivity index (χ4v) is 2.65. The third-order valence-corrected chi connectivity index (χ3v) is 4.06. The number of hydrogen-bond donors (Lipinski definition) is 1. The second kappa shape index (κ2) is 5.97. The standard InChI is InChI=1S/C12H16O5S/c1-3-17-12(14)11(13)8-18(15,16)10-6-4-9(2)5-7-10/h4-7,11,13H,3,8H2,1-2H3. The molecule has 1 N–H and O–H groups in total. The van der Waals surface area contributed by atoms with E-state index in [1.54, 1.807) is 19.1 Å². The van der Waals surface area contributed by atoms with Crippen molar-refractivity contribution >= 4 is 15.8 Å². The summed E-state index contributed by atoms with van der Waals surface area (Å²) in [6.45, 7) is 3.52. The Morgan fingerprint density at radius 3 is 2.39 bits per heavy atom. The fraction of sp³-hybridized carbons (Fsp3) is 0.417. The van der Waals surface area contributed by atoms with Gasteiger partial charge in [0.15, 0.2) is 15.9 Å². The minimum Gasteiger partial charge on any atom is -0.464 e. The van der Waals surface area contributed by atoms with Crippen LogP contribution in [0.5, 0.6) is 0 Å². The molecule has 0 aliphatic heterocycles. The van der Waals surface area contributed by atoms with E-state index in [1.165, 1.54) is 12.1 Å². The smallest absolute Gasteiger partial charge is 0.336 e. The van der Waals surface area contributed by atoms with Gasteiger partial charge in [-0.05, 0) is 26.0 Å². The van der Waals surface area contributed by atoms with Gasteiger partial charge in [0.25, 0.3) is 0 Å². The number of esters is 1. The van der Waals surface area contributed by atoms with E-state index in [0.717, 1.165) is 5.56 Å². The first-order valence-corrected chi connectivity index (χ1v) is 7.16. The topological polar surface area (TPSA) is 80.7 Å². The third kappa shape index (κ3) is 3.82. The zero-order valence-electron chi connectivity index (χ0n) is 10.3. The van der Waals surface area contributed by atoms with E-state index in [2.05, 4.69) is 4.74 Å². The van der Waals surface area contributed by atoms with Crippen LogP contribution in [0.1, 0.15) is 12.5 Å². The molecule has 0 heterocycles.